The Kier molecular flexibility index (Phi) is 9.37. The molecule has 0 saturated heterocycles. The van der Waals surface area contributed by atoms with Crippen molar-refractivity contribution in [1.82, 2.24) is 16.2 Å². The number of halogens is 1. The predicted octanol–water partition coefficient (Wildman–Crippen LogP) is 3.48. The van der Waals surface area contributed by atoms with E-state index in [9.17, 15) is 9.59 Å². The van der Waals surface area contributed by atoms with Crippen LogP contribution in [0, 0.1) is 5.92 Å². The molecule has 9 heteroatoms. The van der Waals surface area contributed by atoms with Crippen LogP contribution >= 0.6 is 23.8 Å². The molecule has 0 aliphatic rings. The molecule has 160 valence electrons. The van der Waals surface area contributed by atoms with Crippen molar-refractivity contribution in [3.8, 4) is 11.5 Å². The van der Waals surface area contributed by atoms with Gasteiger partial charge in [0.05, 0.1) is 11.6 Å². The lowest BCUT2D eigenvalue weighted by atomic mass is 10.1. The van der Waals surface area contributed by atoms with Crippen molar-refractivity contribution in [3.05, 3.63) is 59.1 Å². The second kappa shape index (κ2) is 12.0. The molecule has 0 aliphatic heterocycles. The maximum absolute atomic E-state index is 12.3. The van der Waals surface area contributed by atoms with Gasteiger partial charge in [-0.15, -0.1) is 0 Å². The second-order valence-electron chi connectivity index (χ2n) is 6.73. The molecule has 2 aromatic carbocycles. The Labute approximate surface area is 186 Å². The van der Waals surface area contributed by atoms with Crippen LogP contribution in [0.1, 0.15) is 30.6 Å². The molecular weight excluding hydrogens is 426 g/mol. The van der Waals surface area contributed by atoms with Crippen molar-refractivity contribution in [2.45, 2.75) is 20.3 Å². The summed E-state index contributed by atoms with van der Waals surface area (Å²) in [5.74, 6) is 0.605. The summed E-state index contributed by atoms with van der Waals surface area (Å²) in [5.41, 5.74) is 5.18. The third-order valence-corrected chi connectivity index (χ3v) is 4.31. The number of nitrogens with one attached hydrogen (secondary N) is 3. The van der Waals surface area contributed by atoms with Crippen LogP contribution in [0.25, 0.3) is 0 Å². The summed E-state index contributed by atoms with van der Waals surface area (Å²) < 4.78 is 11.0. The summed E-state index contributed by atoms with van der Waals surface area (Å²) in [7, 11) is 0. The monoisotopic (exact) mass is 449 g/mol. The van der Waals surface area contributed by atoms with Crippen LogP contribution in [0.15, 0.2) is 48.5 Å². The van der Waals surface area contributed by atoms with E-state index in [0.717, 1.165) is 6.42 Å². The molecule has 2 aromatic rings. The van der Waals surface area contributed by atoms with Crippen LogP contribution in [0.2, 0.25) is 5.02 Å². The number of hydrogen-bond donors (Lipinski definition) is 3. The summed E-state index contributed by atoms with van der Waals surface area (Å²) in [5, 5.41) is 2.83. The largest absolute Gasteiger partial charge is 0.494 e. The minimum atomic E-state index is -0.493. The number of amides is 2. The second-order valence-corrected chi connectivity index (χ2v) is 7.55. The fourth-order valence-electron chi connectivity index (χ4n) is 2.21. The smallest absolute Gasteiger partial charge is 0.276 e. The van der Waals surface area contributed by atoms with E-state index < -0.39 is 11.8 Å². The first-order valence-corrected chi connectivity index (χ1v) is 10.1. The van der Waals surface area contributed by atoms with Crippen LogP contribution in [0.4, 0.5) is 0 Å². The van der Waals surface area contributed by atoms with Crippen LogP contribution in [0.3, 0.4) is 0 Å². The number of rotatable bonds is 8. The van der Waals surface area contributed by atoms with Crippen LogP contribution in [0.5, 0.6) is 11.5 Å². The molecule has 2 amide bonds. The third kappa shape index (κ3) is 8.26. The van der Waals surface area contributed by atoms with E-state index >= 15 is 0 Å². The Morgan fingerprint density at radius 3 is 2.57 bits per heavy atom. The minimum Gasteiger partial charge on any atom is -0.494 e. The maximum atomic E-state index is 12.3. The van der Waals surface area contributed by atoms with Crippen LogP contribution < -0.4 is 25.6 Å². The lowest BCUT2D eigenvalue weighted by Crippen LogP contribution is -2.49. The van der Waals surface area contributed by atoms with Crippen molar-refractivity contribution in [3.63, 3.8) is 0 Å². The summed E-state index contributed by atoms with van der Waals surface area (Å²) in [6.07, 6.45) is 0.921. The Bertz CT molecular complexity index is 892. The summed E-state index contributed by atoms with van der Waals surface area (Å²) in [6.45, 7) is 4.53. The number of ether oxygens (including phenoxy) is 2. The molecule has 0 fully saturated rings. The van der Waals surface area contributed by atoms with E-state index in [2.05, 4.69) is 30.0 Å². The molecule has 0 bridgehead atoms. The average Bonchev–Trinajstić information content (AvgIpc) is 2.71. The van der Waals surface area contributed by atoms with E-state index in [1.807, 2.05) is 0 Å². The van der Waals surface area contributed by atoms with Crippen molar-refractivity contribution in [2.75, 3.05) is 13.2 Å². The standard InChI is InChI=1S/C21H24ClN3O4S/c1-14(2)10-11-28-16-7-5-6-15(12-16)20(27)23-21(30)25-24-19(26)13-29-18-9-4-3-8-17(18)22/h3-9,12,14H,10-11,13H2,1-2H3,(H,24,26)(H2,23,25,27,30). The van der Waals surface area contributed by atoms with Crippen molar-refractivity contribution >= 4 is 40.7 Å². The number of hydrazine groups is 1. The first-order chi connectivity index (χ1) is 14.3. The highest BCUT2D eigenvalue weighted by Gasteiger charge is 2.10. The Hall–Kier alpha value is -2.84. The number of carbonyl (C=O) groups is 2. The van der Waals surface area contributed by atoms with Crippen molar-refractivity contribution in [1.29, 1.82) is 0 Å². The van der Waals surface area contributed by atoms with Gasteiger partial charge in [0.25, 0.3) is 11.8 Å². The highest BCUT2D eigenvalue weighted by Crippen LogP contribution is 2.22. The van der Waals surface area contributed by atoms with E-state index in [0.29, 0.717) is 34.6 Å². The topological polar surface area (TPSA) is 88.7 Å². The van der Waals surface area contributed by atoms with E-state index in [-0.39, 0.29) is 11.7 Å². The molecule has 0 heterocycles. The van der Waals surface area contributed by atoms with Gasteiger partial charge in [-0.3, -0.25) is 25.8 Å². The average molecular weight is 450 g/mol. The van der Waals surface area contributed by atoms with Gasteiger partial charge in [0.15, 0.2) is 11.7 Å². The van der Waals surface area contributed by atoms with Gasteiger partial charge in [0.2, 0.25) is 0 Å². The first kappa shape index (κ1) is 23.4. The third-order valence-electron chi connectivity index (χ3n) is 3.80. The first-order valence-electron chi connectivity index (χ1n) is 9.35. The molecule has 0 unspecified atom stereocenters. The Morgan fingerprint density at radius 2 is 1.83 bits per heavy atom. The molecule has 0 spiro atoms. The molecule has 0 atom stereocenters. The zero-order chi connectivity index (χ0) is 21.9. The highest BCUT2D eigenvalue weighted by molar-refractivity contribution is 7.80. The minimum absolute atomic E-state index is 0.0581. The lowest BCUT2D eigenvalue weighted by molar-refractivity contribution is -0.123. The van der Waals surface area contributed by atoms with Crippen molar-refractivity contribution in [2.24, 2.45) is 5.92 Å². The fourth-order valence-corrected chi connectivity index (χ4v) is 2.55. The van der Waals surface area contributed by atoms with Gasteiger partial charge in [-0.25, -0.2) is 0 Å². The van der Waals surface area contributed by atoms with Crippen LogP contribution in [-0.2, 0) is 4.79 Å². The summed E-state index contributed by atoms with van der Waals surface area (Å²) in [6, 6.07) is 13.6. The van der Waals surface area contributed by atoms with Crippen molar-refractivity contribution < 1.29 is 19.1 Å². The van der Waals surface area contributed by atoms with Gasteiger partial charge >= 0.3 is 0 Å². The maximum Gasteiger partial charge on any atom is 0.276 e. The highest BCUT2D eigenvalue weighted by atomic mass is 35.5. The number of para-hydroxylation sites is 1. The Balaban J connectivity index is 1.75. The van der Waals surface area contributed by atoms with Gasteiger partial charge < -0.3 is 9.47 Å². The zero-order valence-electron chi connectivity index (χ0n) is 16.7. The quantitative estimate of drug-likeness (QED) is 0.422. The number of benzene rings is 2. The van der Waals surface area contributed by atoms with Gasteiger partial charge in [0, 0.05) is 5.56 Å². The van der Waals surface area contributed by atoms with E-state index in [1.165, 1.54) is 0 Å². The molecule has 0 aliphatic carbocycles. The number of hydrogen-bond acceptors (Lipinski definition) is 5. The molecule has 7 nitrogen and oxygen atoms in total. The molecule has 3 N–H and O–H groups in total. The number of thiocarbonyl (C=S) groups is 1. The summed E-state index contributed by atoms with van der Waals surface area (Å²) in [4.78, 5) is 24.2. The molecule has 2 rings (SSSR count). The molecule has 0 radical (unpaired) electrons. The Morgan fingerprint density at radius 1 is 1.07 bits per heavy atom. The van der Waals surface area contributed by atoms with E-state index in [4.69, 9.17) is 33.3 Å². The zero-order valence-corrected chi connectivity index (χ0v) is 18.3. The predicted molar refractivity (Wildman–Crippen MR) is 120 cm³/mol. The normalized spacial score (nSPS) is 10.3. The van der Waals surface area contributed by atoms with Gasteiger partial charge in [-0.05, 0) is 54.9 Å². The summed E-state index contributed by atoms with van der Waals surface area (Å²) >= 11 is 11.0. The van der Waals surface area contributed by atoms with Gasteiger partial charge in [0.1, 0.15) is 11.5 Å². The number of carbonyl (C=O) groups excluding carboxylic acids is 2. The van der Waals surface area contributed by atoms with Gasteiger partial charge in [-0.2, -0.15) is 0 Å². The fraction of sp³-hybridized carbons (Fsp3) is 0.286. The molecule has 0 aromatic heterocycles. The van der Waals surface area contributed by atoms with E-state index in [1.54, 1.807) is 48.5 Å². The molecule has 30 heavy (non-hydrogen) atoms. The molecule has 0 saturated carbocycles. The van der Waals surface area contributed by atoms with Crippen LogP contribution in [-0.4, -0.2) is 30.1 Å². The SMILES string of the molecule is CC(C)CCOc1cccc(C(=O)NC(=S)NNC(=O)COc2ccccc2Cl)c1. The molecular formula is C21H24ClN3O4S. The van der Waals surface area contributed by atoms with Gasteiger partial charge in [-0.1, -0.05) is 43.6 Å². The lowest BCUT2D eigenvalue weighted by Gasteiger charge is -2.12.